The van der Waals surface area contributed by atoms with Crippen molar-refractivity contribution < 1.29 is 9.59 Å². The quantitative estimate of drug-likeness (QED) is 0.848. The minimum Gasteiger partial charge on any atom is -0.343 e. The normalized spacial score (nSPS) is 16.6. The predicted octanol–water partition coefficient (Wildman–Crippen LogP) is 1.19. The van der Waals surface area contributed by atoms with Gasteiger partial charge in [0.1, 0.15) is 6.04 Å². The second-order valence-electron chi connectivity index (χ2n) is 5.03. The van der Waals surface area contributed by atoms with Crippen molar-refractivity contribution in [3.8, 4) is 17.9 Å². The van der Waals surface area contributed by atoms with Gasteiger partial charge in [-0.05, 0) is 31.0 Å². The SMILES string of the molecule is CC#CCNC(=O)C1CCC(=O)N1Cc1cccc(C#N)c1. The molecule has 1 heterocycles. The van der Waals surface area contributed by atoms with Gasteiger partial charge in [0.05, 0.1) is 18.2 Å². The second-order valence-corrected chi connectivity index (χ2v) is 5.03. The number of likely N-dealkylation sites (tertiary alicyclic amines) is 1. The Hall–Kier alpha value is -2.79. The van der Waals surface area contributed by atoms with Gasteiger partial charge in [0.15, 0.2) is 0 Å². The zero-order valence-electron chi connectivity index (χ0n) is 12.4. The fourth-order valence-corrected chi connectivity index (χ4v) is 2.48. The molecule has 0 bridgehead atoms. The summed E-state index contributed by atoms with van der Waals surface area (Å²) in [5.74, 6) is 5.27. The lowest BCUT2D eigenvalue weighted by Crippen LogP contribution is -2.44. The van der Waals surface area contributed by atoms with Gasteiger partial charge in [0.25, 0.3) is 0 Å². The number of amides is 2. The Labute approximate surface area is 129 Å². The molecule has 1 fully saturated rings. The smallest absolute Gasteiger partial charge is 0.243 e. The molecular weight excluding hydrogens is 278 g/mol. The molecule has 1 aliphatic heterocycles. The Morgan fingerprint density at radius 2 is 2.32 bits per heavy atom. The van der Waals surface area contributed by atoms with E-state index in [-0.39, 0.29) is 18.4 Å². The molecule has 0 aromatic heterocycles. The number of hydrogen-bond acceptors (Lipinski definition) is 3. The lowest BCUT2D eigenvalue weighted by molar-refractivity contribution is -0.135. The molecule has 22 heavy (non-hydrogen) atoms. The fraction of sp³-hybridized carbons (Fsp3) is 0.353. The Morgan fingerprint density at radius 1 is 1.50 bits per heavy atom. The highest BCUT2D eigenvalue weighted by atomic mass is 16.2. The Morgan fingerprint density at radius 3 is 3.05 bits per heavy atom. The monoisotopic (exact) mass is 295 g/mol. The minimum atomic E-state index is -0.461. The van der Waals surface area contributed by atoms with Crippen molar-refractivity contribution in [2.45, 2.75) is 32.4 Å². The van der Waals surface area contributed by atoms with E-state index in [2.05, 4.69) is 23.2 Å². The molecule has 0 aliphatic carbocycles. The highest BCUT2D eigenvalue weighted by molar-refractivity contribution is 5.91. The zero-order chi connectivity index (χ0) is 15.9. The van der Waals surface area contributed by atoms with Crippen LogP contribution in [-0.4, -0.2) is 29.3 Å². The zero-order valence-corrected chi connectivity index (χ0v) is 12.4. The number of nitrogens with one attached hydrogen (secondary N) is 1. The summed E-state index contributed by atoms with van der Waals surface area (Å²) in [6, 6.07) is 8.69. The minimum absolute atomic E-state index is 0.0379. The predicted molar refractivity (Wildman–Crippen MR) is 81.2 cm³/mol. The third-order valence-electron chi connectivity index (χ3n) is 3.57. The van der Waals surface area contributed by atoms with Crippen LogP contribution in [0.5, 0.6) is 0 Å². The van der Waals surface area contributed by atoms with Gasteiger partial charge in [-0.15, -0.1) is 5.92 Å². The van der Waals surface area contributed by atoms with Gasteiger partial charge in [0, 0.05) is 13.0 Å². The van der Waals surface area contributed by atoms with Crippen molar-refractivity contribution in [2.75, 3.05) is 6.54 Å². The van der Waals surface area contributed by atoms with Crippen LogP contribution in [0, 0.1) is 23.2 Å². The van der Waals surface area contributed by atoms with Crippen LogP contribution in [0.4, 0.5) is 0 Å². The Kier molecular flexibility index (Phi) is 5.16. The maximum atomic E-state index is 12.2. The molecule has 5 heteroatoms. The highest BCUT2D eigenvalue weighted by Gasteiger charge is 2.35. The molecule has 0 radical (unpaired) electrons. The van der Waals surface area contributed by atoms with Crippen molar-refractivity contribution in [1.82, 2.24) is 10.2 Å². The summed E-state index contributed by atoms with van der Waals surface area (Å²) in [4.78, 5) is 25.8. The van der Waals surface area contributed by atoms with Crippen LogP contribution in [0.2, 0.25) is 0 Å². The average molecular weight is 295 g/mol. The van der Waals surface area contributed by atoms with Gasteiger partial charge in [-0.3, -0.25) is 9.59 Å². The van der Waals surface area contributed by atoms with Crippen LogP contribution in [0.25, 0.3) is 0 Å². The number of nitriles is 1. The average Bonchev–Trinajstić information content (AvgIpc) is 2.89. The van der Waals surface area contributed by atoms with Crippen LogP contribution < -0.4 is 5.32 Å². The molecule has 112 valence electrons. The summed E-state index contributed by atoms with van der Waals surface area (Å²) in [7, 11) is 0. The summed E-state index contributed by atoms with van der Waals surface area (Å²) in [5.41, 5.74) is 1.39. The summed E-state index contributed by atoms with van der Waals surface area (Å²) in [6.45, 7) is 2.34. The first-order valence-corrected chi connectivity index (χ1v) is 7.11. The largest absolute Gasteiger partial charge is 0.343 e. The van der Waals surface area contributed by atoms with Crippen LogP contribution in [0.3, 0.4) is 0 Å². The van der Waals surface area contributed by atoms with Crippen molar-refractivity contribution in [1.29, 1.82) is 5.26 Å². The molecule has 0 spiro atoms. The fourth-order valence-electron chi connectivity index (χ4n) is 2.48. The van der Waals surface area contributed by atoms with Gasteiger partial charge in [-0.25, -0.2) is 0 Å². The molecule has 1 aromatic rings. The van der Waals surface area contributed by atoms with E-state index in [1.165, 1.54) is 0 Å². The first-order valence-electron chi connectivity index (χ1n) is 7.11. The number of hydrogen-bond donors (Lipinski definition) is 1. The first-order chi connectivity index (χ1) is 10.7. The molecule has 2 rings (SSSR count). The highest BCUT2D eigenvalue weighted by Crippen LogP contribution is 2.22. The first kappa shape index (κ1) is 15.6. The molecule has 1 aliphatic rings. The van der Waals surface area contributed by atoms with E-state index in [9.17, 15) is 9.59 Å². The summed E-state index contributed by atoms with van der Waals surface area (Å²) < 4.78 is 0. The maximum Gasteiger partial charge on any atom is 0.243 e. The van der Waals surface area contributed by atoms with E-state index in [0.29, 0.717) is 24.9 Å². The van der Waals surface area contributed by atoms with Crippen molar-refractivity contribution in [3.63, 3.8) is 0 Å². The molecule has 1 aromatic carbocycles. The van der Waals surface area contributed by atoms with Crippen molar-refractivity contribution >= 4 is 11.8 Å². The molecule has 0 saturated carbocycles. The Bertz CT molecular complexity index is 679. The molecule has 1 N–H and O–H groups in total. The number of carbonyl (C=O) groups is 2. The van der Waals surface area contributed by atoms with E-state index < -0.39 is 6.04 Å². The van der Waals surface area contributed by atoms with Gasteiger partial charge in [0.2, 0.25) is 11.8 Å². The number of nitrogens with zero attached hydrogens (tertiary/aromatic N) is 2. The van der Waals surface area contributed by atoms with E-state index in [0.717, 1.165) is 5.56 Å². The van der Waals surface area contributed by atoms with E-state index in [1.54, 1.807) is 30.0 Å². The topological polar surface area (TPSA) is 73.2 Å². The lowest BCUT2D eigenvalue weighted by atomic mass is 10.1. The summed E-state index contributed by atoms with van der Waals surface area (Å²) in [6.07, 6.45) is 0.887. The second kappa shape index (κ2) is 7.28. The molecule has 1 unspecified atom stereocenters. The van der Waals surface area contributed by atoms with Crippen molar-refractivity contribution in [3.05, 3.63) is 35.4 Å². The standard InChI is InChI=1S/C17H17N3O2/c1-2-3-9-19-17(22)15-7-8-16(21)20(15)12-14-6-4-5-13(10-14)11-18/h4-6,10,15H,7-9,12H2,1H3,(H,19,22). The Balaban J connectivity index is 2.08. The molecule has 2 amide bonds. The molecule has 5 nitrogen and oxygen atoms in total. The number of benzene rings is 1. The van der Waals surface area contributed by atoms with Crippen LogP contribution in [0.15, 0.2) is 24.3 Å². The third-order valence-corrected chi connectivity index (χ3v) is 3.57. The summed E-state index contributed by atoms with van der Waals surface area (Å²) in [5, 5.41) is 11.7. The van der Waals surface area contributed by atoms with E-state index >= 15 is 0 Å². The van der Waals surface area contributed by atoms with Crippen molar-refractivity contribution in [2.24, 2.45) is 0 Å². The maximum absolute atomic E-state index is 12.2. The number of carbonyl (C=O) groups excluding carboxylic acids is 2. The lowest BCUT2D eigenvalue weighted by Gasteiger charge is -2.24. The van der Waals surface area contributed by atoms with Gasteiger partial charge in [-0.1, -0.05) is 18.1 Å². The van der Waals surface area contributed by atoms with Crippen LogP contribution in [-0.2, 0) is 16.1 Å². The molecular formula is C17H17N3O2. The summed E-state index contributed by atoms with van der Waals surface area (Å²) >= 11 is 0. The van der Waals surface area contributed by atoms with E-state index in [1.807, 2.05) is 6.07 Å². The van der Waals surface area contributed by atoms with Gasteiger partial charge in [-0.2, -0.15) is 5.26 Å². The molecule has 1 saturated heterocycles. The van der Waals surface area contributed by atoms with Gasteiger partial charge < -0.3 is 10.2 Å². The molecule has 1 atom stereocenters. The van der Waals surface area contributed by atoms with E-state index in [4.69, 9.17) is 5.26 Å². The third kappa shape index (κ3) is 3.65. The van der Waals surface area contributed by atoms with Crippen LogP contribution in [0.1, 0.15) is 30.9 Å². The van der Waals surface area contributed by atoms with Gasteiger partial charge >= 0.3 is 0 Å². The van der Waals surface area contributed by atoms with Crippen LogP contribution >= 0.6 is 0 Å². The number of rotatable bonds is 4.